The molecule has 126 valence electrons. The van der Waals surface area contributed by atoms with E-state index in [9.17, 15) is 9.59 Å². The number of hydrogen-bond acceptors (Lipinski definition) is 2. The van der Waals surface area contributed by atoms with Crippen molar-refractivity contribution in [2.45, 2.75) is 27.7 Å². The molecule has 4 heteroatoms. The van der Waals surface area contributed by atoms with Crippen LogP contribution in [0.1, 0.15) is 34.0 Å². The van der Waals surface area contributed by atoms with Gasteiger partial charge in [-0.1, -0.05) is 35.9 Å². The molecular formula is C20H24N2O2. The first-order valence-electron chi connectivity index (χ1n) is 8.09. The highest BCUT2D eigenvalue weighted by molar-refractivity contribution is 5.95. The van der Waals surface area contributed by atoms with Crippen LogP contribution in [0.3, 0.4) is 0 Å². The second kappa shape index (κ2) is 7.77. The molecule has 2 rings (SSSR count). The number of aryl methyl sites for hydroxylation is 3. The highest BCUT2D eigenvalue weighted by Gasteiger charge is 2.16. The lowest BCUT2D eigenvalue weighted by molar-refractivity contribution is -0.116. The number of carbonyl (C=O) groups is 2. The molecule has 4 nitrogen and oxygen atoms in total. The van der Waals surface area contributed by atoms with Gasteiger partial charge in [-0.25, -0.2) is 0 Å². The molecule has 0 atom stereocenters. The van der Waals surface area contributed by atoms with Crippen molar-refractivity contribution in [2.75, 3.05) is 18.0 Å². The highest BCUT2D eigenvalue weighted by Crippen LogP contribution is 2.26. The van der Waals surface area contributed by atoms with Crippen LogP contribution in [0.4, 0.5) is 5.69 Å². The Kier molecular flexibility index (Phi) is 5.74. The third kappa shape index (κ3) is 4.22. The van der Waals surface area contributed by atoms with Gasteiger partial charge in [-0.05, 0) is 44.0 Å². The van der Waals surface area contributed by atoms with E-state index in [1.807, 2.05) is 39.0 Å². The second-order valence-corrected chi connectivity index (χ2v) is 6.04. The Bertz CT molecular complexity index is 716. The van der Waals surface area contributed by atoms with Gasteiger partial charge in [0.1, 0.15) is 0 Å². The number of nitrogens with zero attached hydrogens (tertiary/aromatic N) is 1. The molecule has 2 aromatic carbocycles. The molecule has 0 aliphatic carbocycles. The Morgan fingerprint density at radius 2 is 1.58 bits per heavy atom. The molecule has 0 heterocycles. The van der Waals surface area contributed by atoms with E-state index in [0.717, 1.165) is 16.8 Å². The summed E-state index contributed by atoms with van der Waals surface area (Å²) < 4.78 is 0. The van der Waals surface area contributed by atoms with Gasteiger partial charge >= 0.3 is 0 Å². The second-order valence-electron chi connectivity index (χ2n) is 6.04. The molecule has 0 spiro atoms. The van der Waals surface area contributed by atoms with Crippen LogP contribution in [0, 0.1) is 20.8 Å². The van der Waals surface area contributed by atoms with Gasteiger partial charge in [-0.15, -0.1) is 0 Å². The normalized spacial score (nSPS) is 10.3. The van der Waals surface area contributed by atoms with Crippen LogP contribution < -0.4 is 10.2 Å². The summed E-state index contributed by atoms with van der Waals surface area (Å²) in [5.74, 6) is -0.157. The molecule has 0 saturated carbocycles. The van der Waals surface area contributed by atoms with Crippen molar-refractivity contribution in [2.24, 2.45) is 0 Å². The van der Waals surface area contributed by atoms with Gasteiger partial charge in [0, 0.05) is 31.3 Å². The fourth-order valence-corrected chi connectivity index (χ4v) is 3.00. The summed E-state index contributed by atoms with van der Waals surface area (Å²) >= 11 is 0. The van der Waals surface area contributed by atoms with Crippen molar-refractivity contribution in [3.8, 4) is 0 Å². The molecular weight excluding hydrogens is 300 g/mol. The zero-order chi connectivity index (χ0) is 17.7. The van der Waals surface area contributed by atoms with Crippen molar-refractivity contribution >= 4 is 17.5 Å². The summed E-state index contributed by atoms with van der Waals surface area (Å²) in [6.07, 6.45) is 0. The Labute approximate surface area is 143 Å². The maximum atomic E-state index is 12.1. The van der Waals surface area contributed by atoms with E-state index in [1.165, 1.54) is 5.56 Å². The Morgan fingerprint density at radius 3 is 2.12 bits per heavy atom. The van der Waals surface area contributed by atoms with Gasteiger partial charge in [0.05, 0.1) is 0 Å². The van der Waals surface area contributed by atoms with E-state index in [1.54, 1.807) is 24.0 Å². The molecule has 0 bridgehead atoms. The van der Waals surface area contributed by atoms with E-state index in [2.05, 4.69) is 17.4 Å². The first-order chi connectivity index (χ1) is 11.4. The van der Waals surface area contributed by atoms with Gasteiger partial charge in [-0.2, -0.15) is 0 Å². The molecule has 0 saturated heterocycles. The predicted molar refractivity (Wildman–Crippen MR) is 97.5 cm³/mol. The molecule has 0 fully saturated rings. The van der Waals surface area contributed by atoms with Crippen molar-refractivity contribution in [3.63, 3.8) is 0 Å². The first kappa shape index (κ1) is 17.7. The van der Waals surface area contributed by atoms with Gasteiger partial charge in [0.25, 0.3) is 5.91 Å². The summed E-state index contributed by atoms with van der Waals surface area (Å²) in [6.45, 7) is 8.46. The Hall–Kier alpha value is -2.62. The molecule has 2 amide bonds. The van der Waals surface area contributed by atoms with Crippen molar-refractivity contribution in [3.05, 3.63) is 64.7 Å². The lowest BCUT2D eigenvalue weighted by atomic mass is 10.0. The topological polar surface area (TPSA) is 49.4 Å². The van der Waals surface area contributed by atoms with Crippen molar-refractivity contribution in [1.82, 2.24) is 5.32 Å². The van der Waals surface area contributed by atoms with Crippen LogP contribution in [0.15, 0.2) is 42.5 Å². The van der Waals surface area contributed by atoms with Gasteiger partial charge in [-0.3, -0.25) is 9.59 Å². The monoisotopic (exact) mass is 324 g/mol. The predicted octanol–water partition coefficient (Wildman–Crippen LogP) is 3.39. The number of amides is 2. The molecule has 0 aliphatic rings. The zero-order valence-corrected chi connectivity index (χ0v) is 14.7. The summed E-state index contributed by atoms with van der Waals surface area (Å²) in [5, 5.41) is 2.87. The lowest BCUT2D eigenvalue weighted by Crippen LogP contribution is -2.38. The van der Waals surface area contributed by atoms with E-state index in [0.29, 0.717) is 18.7 Å². The largest absolute Gasteiger partial charge is 0.350 e. The number of hydrogen-bond donors (Lipinski definition) is 1. The Morgan fingerprint density at radius 1 is 1.00 bits per heavy atom. The molecule has 24 heavy (non-hydrogen) atoms. The van der Waals surface area contributed by atoms with E-state index >= 15 is 0 Å². The standard InChI is InChI=1S/C20H24N2O2/c1-14-12-15(2)19(16(3)13-14)22(17(4)23)11-10-21-20(24)18-8-6-5-7-9-18/h5-9,12-13H,10-11H2,1-4H3,(H,21,24). The third-order valence-corrected chi connectivity index (χ3v) is 3.94. The minimum atomic E-state index is -0.128. The SMILES string of the molecule is CC(=O)N(CCNC(=O)c1ccccc1)c1c(C)cc(C)cc1C. The van der Waals surface area contributed by atoms with Gasteiger partial charge in [0.2, 0.25) is 5.91 Å². The molecule has 2 aromatic rings. The van der Waals surface area contributed by atoms with E-state index < -0.39 is 0 Å². The highest BCUT2D eigenvalue weighted by atomic mass is 16.2. The minimum absolute atomic E-state index is 0.0287. The number of anilines is 1. The molecule has 0 unspecified atom stereocenters. The van der Waals surface area contributed by atoms with Crippen LogP contribution in [0.25, 0.3) is 0 Å². The molecule has 0 aromatic heterocycles. The molecule has 1 N–H and O–H groups in total. The van der Waals surface area contributed by atoms with E-state index in [-0.39, 0.29) is 11.8 Å². The number of nitrogens with one attached hydrogen (secondary N) is 1. The first-order valence-corrected chi connectivity index (χ1v) is 8.09. The summed E-state index contributed by atoms with van der Waals surface area (Å²) in [5.41, 5.74) is 4.86. The molecule has 0 aliphatic heterocycles. The fraction of sp³-hybridized carbons (Fsp3) is 0.300. The minimum Gasteiger partial charge on any atom is -0.350 e. The van der Waals surface area contributed by atoms with E-state index in [4.69, 9.17) is 0 Å². The zero-order valence-electron chi connectivity index (χ0n) is 14.7. The summed E-state index contributed by atoms with van der Waals surface area (Å²) in [6, 6.07) is 13.2. The van der Waals surface area contributed by atoms with Crippen molar-refractivity contribution < 1.29 is 9.59 Å². The van der Waals surface area contributed by atoms with Crippen LogP contribution >= 0.6 is 0 Å². The van der Waals surface area contributed by atoms with Gasteiger partial charge < -0.3 is 10.2 Å². The third-order valence-electron chi connectivity index (χ3n) is 3.94. The lowest BCUT2D eigenvalue weighted by Gasteiger charge is -2.25. The van der Waals surface area contributed by atoms with Crippen LogP contribution in [-0.4, -0.2) is 24.9 Å². The smallest absolute Gasteiger partial charge is 0.251 e. The van der Waals surface area contributed by atoms with Crippen LogP contribution in [0.2, 0.25) is 0 Å². The average molecular weight is 324 g/mol. The fourth-order valence-electron chi connectivity index (χ4n) is 3.00. The number of carbonyl (C=O) groups excluding carboxylic acids is 2. The quantitative estimate of drug-likeness (QED) is 0.916. The van der Waals surface area contributed by atoms with Crippen molar-refractivity contribution in [1.29, 1.82) is 0 Å². The maximum absolute atomic E-state index is 12.1. The summed E-state index contributed by atoms with van der Waals surface area (Å²) in [7, 11) is 0. The summed E-state index contributed by atoms with van der Waals surface area (Å²) in [4.78, 5) is 25.9. The maximum Gasteiger partial charge on any atom is 0.251 e. The van der Waals surface area contributed by atoms with Crippen LogP contribution in [-0.2, 0) is 4.79 Å². The van der Waals surface area contributed by atoms with Crippen LogP contribution in [0.5, 0.6) is 0 Å². The number of rotatable bonds is 5. The van der Waals surface area contributed by atoms with Gasteiger partial charge in [0.15, 0.2) is 0 Å². The average Bonchev–Trinajstić information content (AvgIpc) is 2.53. The Balaban J connectivity index is 2.08. The number of benzene rings is 2. The molecule has 0 radical (unpaired) electrons.